The number of amides is 1. The summed E-state index contributed by atoms with van der Waals surface area (Å²) in [6.45, 7) is 0. The topological polar surface area (TPSA) is 96.5 Å². The predicted octanol–water partition coefficient (Wildman–Crippen LogP) is 4.76. The Balaban J connectivity index is 1.47. The van der Waals surface area contributed by atoms with Crippen LogP contribution in [0.5, 0.6) is 0 Å². The third-order valence-corrected chi connectivity index (χ3v) is 5.82. The van der Waals surface area contributed by atoms with Crippen molar-refractivity contribution in [3.8, 4) is 22.5 Å². The van der Waals surface area contributed by atoms with E-state index < -0.39 is 17.3 Å². The van der Waals surface area contributed by atoms with E-state index in [-0.39, 0.29) is 17.5 Å². The van der Waals surface area contributed by atoms with Gasteiger partial charge in [-0.15, -0.1) is 5.10 Å². The Morgan fingerprint density at radius 2 is 1.76 bits per heavy atom. The van der Waals surface area contributed by atoms with Gasteiger partial charge >= 0.3 is 6.18 Å². The maximum atomic E-state index is 13.3. The number of H-pyrrole nitrogens is 1. The van der Waals surface area contributed by atoms with Crippen molar-refractivity contribution >= 4 is 11.6 Å². The standard InChI is InChI=1S/C23H16F4N6O/c24-15-4-2-14(3-5-15)22(9-10-22)21(34)29-16-6-7-17(18(11-16)20-30-32-33-31-20)13-1-8-19(28-12-13)23(25,26)27/h1-8,11-12H,9-10H2,(H,29,34)(H,30,31,32,33). The van der Waals surface area contributed by atoms with Gasteiger partial charge in [0.25, 0.3) is 0 Å². The van der Waals surface area contributed by atoms with Gasteiger partial charge in [0.15, 0.2) is 5.82 Å². The van der Waals surface area contributed by atoms with E-state index >= 15 is 0 Å². The van der Waals surface area contributed by atoms with Crippen LogP contribution in [0.4, 0.5) is 23.2 Å². The molecular weight excluding hydrogens is 452 g/mol. The number of nitrogens with one attached hydrogen (secondary N) is 2. The number of hydrogen-bond donors (Lipinski definition) is 2. The summed E-state index contributed by atoms with van der Waals surface area (Å²) in [7, 11) is 0. The minimum Gasteiger partial charge on any atom is -0.325 e. The molecule has 1 aliphatic rings. The van der Waals surface area contributed by atoms with Crippen LogP contribution in [0.25, 0.3) is 22.5 Å². The maximum Gasteiger partial charge on any atom is 0.433 e. The van der Waals surface area contributed by atoms with Gasteiger partial charge in [-0.3, -0.25) is 9.78 Å². The van der Waals surface area contributed by atoms with Gasteiger partial charge in [-0.25, -0.2) is 9.49 Å². The summed E-state index contributed by atoms with van der Waals surface area (Å²) in [6, 6.07) is 13.0. The molecule has 0 spiro atoms. The number of benzene rings is 2. The molecule has 1 saturated carbocycles. The molecule has 172 valence electrons. The lowest BCUT2D eigenvalue weighted by Gasteiger charge is -2.17. The van der Waals surface area contributed by atoms with Crippen LogP contribution in [0.3, 0.4) is 0 Å². The van der Waals surface area contributed by atoms with E-state index in [1.807, 2.05) is 0 Å². The van der Waals surface area contributed by atoms with Crippen LogP contribution >= 0.6 is 0 Å². The van der Waals surface area contributed by atoms with Crippen LogP contribution < -0.4 is 5.32 Å². The third-order valence-electron chi connectivity index (χ3n) is 5.82. The fourth-order valence-corrected chi connectivity index (χ4v) is 3.86. The summed E-state index contributed by atoms with van der Waals surface area (Å²) >= 11 is 0. The van der Waals surface area contributed by atoms with Gasteiger partial charge in [0, 0.05) is 23.0 Å². The molecule has 1 aliphatic carbocycles. The maximum absolute atomic E-state index is 13.3. The van der Waals surface area contributed by atoms with Gasteiger partial charge in [-0.05, 0) is 64.7 Å². The zero-order valence-electron chi connectivity index (χ0n) is 17.4. The molecule has 34 heavy (non-hydrogen) atoms. The van der Waals surface area contributed by atoms with Crippen molar-refractivity contribution in [1.82, 2.24) is 25.6 Å². The highest BCUT2D eigenvalue weighted by Crippen LogP contribution is 2.49. The Labute approximate surface area is 190 Å². The van der Waals surface area contributed by atoms with E-state index in [2.05, 4.69) is 30.9 Å². The number of anilines is 1. The molecule has 2 N–H and O–H groups in total. The van der Waals surface area contributed by atoms with E-state index in [0.29, 0.717) is 35.2 Å². The van der Waals surface area contributed by atoms with Crippen molar-refractivity contribution in [3.05, 3.63) is 77.9 Å². The number of hydrogen-bond acceptors (Lipinski definition) is 5. The van der Waals surface area contributed by atoms with Crippen LogP contribution in [-0.4, -0.2) is 31.5 Å². The van der Waals surface area contributed by atoms with E-state index in [0.717, 1.165) is 17.8 Å². The van der Waals surface area contributed by atoms with Gasteiger partial charge in [-0.2, -0.15) is 13.2 Å². The van der Waals surface area contributed by atoms with Crippen molar-refractivity contribution < 1.29 is 22.4 Å². The molecule has 0 aliphatic heterocycles. The molecule has 5 rings (SSSR count). The quantitative estimate of drug-likeness (QED) is 0.412. The molecule has 11 heteroatoms. The lowest BCUT2D eigenvalue weighted by Crippen LogP contribution is -2.27. The average Bonchev–Trinajstić information content (AvgIpc) is 3.45. The number of pyridine rings is 1. The molecule has 2 aromatic heterocycles. The summed E-state index contributed by atoms with van der Waals surface area (Å²) in [5.74, 6) is -0.339. The van der Waals surface area contributed by atoms with Gasteiger partial charge in [0.2, 0.25) is 5.91 Å². The van der Waals surface area contributed by atoms with E-state index in [4.69, 9.17) is 0 Å². The predicted molar refractivity (Wildman–Crippen MR) is 114 cm³/mol. The molecule has 0 radical (unpaired) electrons. The SMILES string of the molecule is O=C(Nc1ccc(-c2ccc(C(F)(F)F)nc2)c(-c2nnn[nH]2)c1)C1(c2ccc(F)cc2)CC1. The average molecular weight is 468 g/mol. The first-order valence-electron chi connectivity index (χ1n) is 10.3. The largest absolute Gasteiger partial charge is 0.433 e. The minimum atomic E-state index is -4.55. The van der Waals surface area contributed by atoms with Gasteiger partial charge in [-0.1, -0.05) is 24.3 Å². The second-order valence-corrected chi connectivity index (χ2v) is 7.98. The van der Waals surface area contributed by atoms with Crippen molar-refractivity contribution in [2.24, 2.45) is 0 Å². The molecule has 2 heterocycles. The summed E-state index contributed by atoms with van der Waals surface area (Å²) in [4.78, 5) is 16.6. The smallest absolute Gasteiger partial charge is 0.325 e. The third kappa shape index (κ3) is 4.00. The lowest BCUT2D eigenvalue weighted by molar-refractivity contribution is -0.141. The van der Waals surface area contributed by atoms with Crippen molar-refractivity contribution in [2.75, 3.05) is 5.32 Å². The van der Waals surface area contributed by atoms with E-state index in [1.54, 1.807) is 30.3 Å². The highest BCUT2D eigenvalue weighted by Gasteiger charge is 2.51. The number of carbonyl (C=O) groups is 1. The number of tetrazole rings is 1. The van der Waals surface area contributed by atoms with Crippen LogP contribution in [0, 0.1) is 5.82 Å². The summed E-state index contributed by atoms with van der Waals surface area (Å²) in [5, 5.41) is 16.5. The zero-order valence-corrected chi connectivity index (χ0v) is 17.4. The molecule has 4 aromatic rings. The second kappa shape index (κ2) is 8.01. The summed E-state index contributed by atoms with van der Waals surface area (Å²) in [6.07, 6.45) is -2.15. The highest BCUT2D eigenvalue weighted by molar-refractivity contribution is 6.02. The molecule has 0 unspecified atom stereocenters. The summed E-state index contributed by atoms with van der Waals surface area (Å²) < 4.78 is 52.0. The molecule has 1 amide bonds. The highest BCUT2D eigenvalue weighted by atomic mass is 19.4. The number of carbonyl (C=O) groups excluding carboxylic acids is 1. The number of aromatic nitrogens is 5. The second-order valence-electron chi connectivity index (χ2n) is 7.98. The summed E-state index contributed by atoms with van der Waals surface area (Å²) in [5.41, 5.74) is 0.874. The fourth-order valence-electron chi connectivity index (χ4n) is 3.86. The first-order valence-corrected chi connectivity index (χ1v) is 10.3. The Hall–Kier alpha value is -4.15. The Kier molecular flexibility index (Phi) is 5.11. The van der Waals surface area contributed by atoms with E-state index in [1.165, 1.54) is 18.2 Å². The first-order chi connectivity index (χ1) is 16.3. The number of rotatable bonds is 5. The van der Waals surface area contributed by atoms with Crippen LogP contribution in [0.1, 0.15) is 24.1 Å². The van der Waals surface area contributed by atoms with Gasteiger partial charge in [0.1, 0.15) is 11.5 Å². The number of nitrogens with zero attached hydrogens (tertiary/aromatic N) is 4. The molecular formula is C23H16F4N6O. The van der Waals surface area contributed by atoms with Crippen molar-refractivity contribution in [3.63, 3.8) is 0 Å². The molecule has 7 nitrogen and oxygen atoms in total. The van der Waals surface area contributed by atoms with Crippen molar-refractivity contribution in [1.29, 1.82) is 0 Å². The fraction of sp³-hybridized carbons (Fsp3) is 0.174. The van der Waals surface area contributed by atoms with Gasteiger partial charge < -0.3 is 5.32 Å². The van der Waals surface area contributed by atoms with Crippen LogP contribution in [-0.2, 0) is 16.4 Å². The van der Waals surface area contributed by atoms with Crippen LogP contribution in [0.15, 0.2) is 60.8 Å². The molecule has 0 saturated heterocycles. The molecule has 2 aromatic carbocycles. The molecule has 0 atom stereocenters. The number of alkyl halides is 3. The van der Waals surface area contributed by atoms with Crippen molar-refractivity contribution in [2.45, 2.75) is 24.4 Å². The zero-order chi connectivity index (χ0) is 23.9. The number of halogens is 4. The minimum absolute atomic E-state index is 0.232. The Bertz CT molecular complexity index is 1330. The first kappa shape index (κ1) is 21.7. The lowest BCUT2D eigenvalue weighted by atomic mass is 9.94. The van der Waals surface area contributed by atoms with Gasteiger partial charge in [0.05, 0.1) is 5.41 Å². The monoisotopic (exact) mass is 468 g/mol. The normalized spacial score (nSPS) is 14.6. The van der Waals surface area contributed by atoms with Crippen LogP contribution in [0.2, 0.25) is 0 Å². The Morgan fingerprint density at radius 1 is 1.00 bits per heavy atom. The molecule has 0 bridgehead atoms. The van der Waals surface area contributed by atoms with E-state index in [9.17, 15) is 22.4 Å². The number of aromatic amines is 1. The molecule has 1 fully saturated rings. The Morgan fingerprint density at radius 3 is 2.35 bits per heavy atom.